The Morgan fingerprint density at radius 1 is 1.26 bits per heavy atom. The van der Waals surface area contributed by atoms with Crippen molar-refractivity contribution in [3.8, 4) is 0 Å². The summed E-state index contributed by atoms with van der Waals surface area (Å²) in [6.07, 6.45) is 6.14. The lowest BCUT2D eigenvalue weighted by Crippen LogP contribution is -2.52. The van der Waals surface area contributed by atoms with Gasteiger partial charge in [-0.3, -0.25) is 0 Å². The molecule has 1 atom stereocenters. The summed E-state index contributed by atoms with van der Waals surface area (Å²) in [7, 11) is 0. The van der Waals surface area contributed by atoms with E-state index in [-0.39, 0.29) is 6.42 Å². The van der Waals surface area contributed by atoms with Gasteiger partial charge in [-0.25, -0.2) is 9.78 Å². The lowest BCUT2D eigenvalue weighted by atomic mass is 10.1. The normalized spacial score (nSPS) is 11.7. The van der Waals surface area contributed by atoms with E-state index in [2.05, 4.69) is 15.6 Å². The van der Waals surface area contributed by atoms with Gasteiger partial charge in [-0.15, -0.1) is 0 Å². The predicted molar refractivity (Wildman–Crippen MR) is 82.3 cm³/mol. The Morgan fingerprint density at radius 2 is 2.04 bits per heavy atom. The smallest absolute Gasteiger partial charge is 0.315 e. The molecule has 7 heteroatoms. The van der Waals surface area contributed by atoms with Crippen molar-refractivity contribution in [2.24, 2.45) is 0 Å². The summed E-state index contributed by atoms with van der Waals surface area (Å²) >= 11 is 0. The van der Waals surface area contributed by atoms with Crippen LogP contribution in [0.3, 0.4) is 0 Å². The van der Waals surface area contributed by atoms with E-state index in [1.165, 1.54) is 0 Å². The van der Waals surface area contributed by atoms with Gasteiger partial charge < -0.3 is 25.1 Å². The molecule has 1 aromatic heterocycles. The van der Waals surface area contributed by atoms with Gasteiger partial charge in [0.05, 0.1) is 18.3 Å². The molecule has 0 unspecified atom stereocenters. The Bertz CT molecular complexity index is 614. The molecular weight excluding hydrogens is 296 g/mol. The summed E-state index contributed by atoms with van der Waals surface area (Å²) in [6.45, 7) is 1.17. The number of nitrogens with zero attached hydrogens (tertiary/aromatic N) is 2. The van der Waals surface area contributed by atoms with Crippen LogP contribution in [0.5, 0.6) is 0 Å². The maximum absolute atomic E-state index is 11.8. The van der Waals surface area contributed by atoms with Crippen LogP contribution in [-0.4, -0.2) is 34.1 Å². The Balaban J connectivity index is 1.73. The van der Waals surface area contributed by atoms with Crippen molar-refractivity contribution in [1.29, 1.82) is 0 Å². The SMILES string of the molecule is O=C(NCCCn1ccnc1)N[C@@H](Cc1ccccc1)C(=O)[O-]. The lowest BCUT2D eigenvalue weighted by molar-refractivity contribution is -0.308. The molecular formula is C16H19N4O3-. The van der Waals surface area contributed by atoms with Crippen LogP contribution in [0.4, 0.5) is 4.79 Å². The van der Waals surface area contributed by atoms with Crippen molar-refractivity contribution in [3.05, 3.63) is 54.6 Å². The number of benzene rings is 1. The number of hydrogen-bond donors (Lipinski definition) is 2. The minimum absolute atomic E-state index is 0.186. The molecule has 1 heterocycles. The van der Waals surface area contributed by atoms with Gasteiger partial charge in [0.2, 0.25) is 0 Å². The van der Waals surface area contributed by atoms with Crippen LogP contribution in [0.2, 0.25) is 0 Å². The third-order valence-corrected chi connectivity index (χ3v) is 3.31. The molecule has 7 nitrogen and oxygen atoms in total. The van der Waals surface area contributed by atoms with E-state index in [1.54, 1.807) is 24.7 Å². The first-order valence-electron chi connectivity index (χ1n) is 7.40. The molecule has 1 aromatic carbocycles. The lowest BCUT2D eigenvalue weighted by Gasteiger charge is -2.20. The van der Waals surface area contributed by atoms with Crippen LogP contribution in [0.1, 0.15) is 12.0 Å². The first-order valence-corrected chi connectivity index (χ1v) is 7.40. The van der Waals surface area contributed by atoms with Crippen LogP contribution >= 0.6 is 0 Å². The third kappa shape index (κ3) is 5.82. The number of rotatable bonds is 8. The Labute approximate surface area is 134 Å². The highest BCUT2D eigenvalue weighted by Crippen LogP contribution is 2.02. The highest BCUT2D eigenvalue weighted by atomic mass is 16.4. The van der Waals surface area contributed by atoms with E-state index in [4.69, 9.17) is 0 Å². The van der Waals surface area contributed by atoms with Gasteiger partial charge in [-0.1, -0.05) is 30.3 Å². The minimum atomic E-state index is -1.30. The summed E-state index contributed by atoms with van der Waals surface area (Å²) in [4.78, 5) is 26.9. The van der Waals surface area contributed by atoms with Crippen molar-refractivity contribution < 1.29 is 14.7 Å². The molecule has 0 saturated carbocycles. The van der Waals surface area contributed by atoms with Crippen LogP contribution in [0, 0.1) is 0 Å². The molecule has 0 aliphatic heterocycles. The van der Waals surface area contributed by atoms with Gasteiger partial charge in [-0.2, -0.15) is 0 Å². The summed E-state index contributed by atoms with van der Waals surface area (Å²) in [6, 6.07) is 7.52. The van der Waals surface area contributed by atoms with E-state index in [9.17, 15) is 14.7 Å². The Kier molecular flexibility index (Phi) is 6.17. The van der Waals surface area contributed by atoms with Gasteiger partial charge in [0.1, 0.15) is 0 Å². The summed E-state index contributed by atoms with van der Waals surface area (Å²) in [5.74, 6) is -1.30. The number of carboxylic acid groups (broad SMARTS) is 1. The zero-order valence-corrected chi connectivity index (χ0v) is 12.6. The minimum Gasteiger partial charge on any atom is -0.548 e. The highest BCUT2D eigenvalue weighted by Gasteiger charge is 2.13. The van der Waals surface area contributed by atoms with Gasteiger partial charge >= 0.3 is 6.03 Å². The van der Waals surface area contributed by atoms with Gasteiger partial charge in [-0.05, 0) is 18.4 Å². The monoisotopic (exact) mass is 315 g/mol. The number of urea groups is 1. The molecule has 0 spiro atoms. The molecule has 0 saturated heterocycles. The zero-order chi connectivity index (χ0) is 16.5. The average Bonchev–Trinajstić information content (AvgIpc) is 3.05. The van der Waals surface area contributed by atoms with Gasteiger partial charge in [0.15, 0.2) is 0 Å². The quantitative estimate of drug-likeness (QED) is 0.666. The number of carbonyl (C=O) groups is 2. The second-order valence-electron chi connectivity index (χ2n) is 5.12. The molecule has 122 valence electrons. The summed E-state index contributed by atoms with van der Waals surface area (Å²) < 4.78 is 1.90. The van der Waals surface area contributed by atoms with Gasteiger partial charge in [0.25, 0.3) is 0 Å². The number of aromatic nitrogens is 2. The van der Waals surface area contributed by atoms with Gasteiger partial charge in [0, 0.05) is 25.5 Å². The summed E-state index contributed by atoms with van der Waals surface area (Å²) in [5, 5.41) is 16.2. The second kappa shape index (κ2) is 8.57. The number of aryl methyl sites for hydroxylation is 1. The average molecular weight is 315 g/mol. The number of hydrogen-bond acceptors (Lipinski definition) is 4. The fraction of sp³-hybridized carbons (Fsp3) is 0.312. The molecule has 0 aliphatic rings. The van der Waals surface area contributed by atoms with E-state index in [0.717, 1.165) is 18.5 Å². The molecule has 2 aromatic rings. The van der Waals surface area contributed by atoms with E-state index in [0.29, 0.717) is 6.54 Å². The molecule has 0 aliphatic carbocycles. The zero-order valence-electron chi connectivity index (χ0n) is 12.6. The van der Waals surface area contributed by atoms with E-state index >= 15 is 0 Å². The molecule has 2 rings (SSSR count). The molecule has 0 bridgehead atoms. The van der Waals surface area contributed by atoms with Crippen molar-refractivity contribution in [3.63, 3.8) is 0 Å². The Hall–Kier alpha value is -2.83. The first kappa shape index (κ1) is 16.5. The number of carbonyl (C=O) groups excluding carboxylic acids is 2. The van der Waals surface area contributed by atoms with Crippen LogP contribution in [-0.2, 0) is 17.8 Å². The van der Waals surface area contributed by atoms with E-state index in [1.807, 2.05) is 29.0 Å². The number of aliphatic carboxylic acids is 1. The van der Waals surface area contributed by atoms with Crippen molar-refractivity contribution >= 4 is 12.0 Å². The third-order valence-electron chi connectivity index (χ3n) is 3.31. The number of amides is 2. The first-order chi connectivity index (χ1) is 11.1. The number of carboxylic acids is 1. The van der Waals surface area contributed by atoms with Crippen LogP contribution < -0.4 is 15.7 Å². The van der Waals surface area contributed by atoms with Crippen molar-refractivity contribution in [2.75, 3.05) is 6.54 Å². The number of nitrogens with one attached hydrogen (secondary N) is 2. The van der Waals surface area contributed by atoms with Crippen LogP contribution in [0.25, 0.3) is 0 Å². The largest absolute Gasteiger partial charge is 0.548 e. The molecule has 2 amide bonds. The maximum Gasteiger partial charge on any atom is 0.315 e. The molecule has 0 radical (unpaired) electrons. The molecule has 2 N–H and O–H groups in total. The van der Waals surface area contributed by atoms with Crippen molar-refractivity contribution in [2.45, 2.75) is 25.4 Å². The topological polar surface area (TPSA) is 99.1 Å². The predicted octanol–water partition coefficient (Wildman–Crippen LogP) is -0.0664. The standard InChI is InChI=1S/C16H20N4O3/c21-15(22)14(11-13-5-2-1-3-6-13)19-16(23)18-7-4-9-20-10-8-17-12-20/h1-3,5-6,8,10,12,14H,4,7,9,11H2,(H,21,22)(H2,18,19,23)/p-1/t14-/m0/s1. The maximum atomic E-state index is 11.8. The fourth-order valence-electron chi connectivity index (χ4n) is 2.13. The Morgan fingerprint density at radius 3 is 2.70 bits per heavy atom. The number of imidazole rings is 1. The molecule has 23 heavy (non-hydrogen) atoms. The second-order valence-corrected chi connectivity index (χ2v) is 5.12. The fourth-order valence-corrected chi connectivity index (χ4v) is 2.13. The molecule has 0 fully saturated rings. The summed E-state index contributed by atoms with van der Waals surface area (Å²) in [5.41, 5.74) is 0.821. The van der Waals surface area contributed by atoms with E-state index < -0.39 is 18.0 Å². The van der Waals surface area contributed by atoms with Crippen molar-refractivity contribution in [1.82, 2.24) is 20.2 Å². The van der Waals surface area contributed by atoms with Crippen LogP contribution in [0.15, 0.2) is 49.1 Å². The highest BCUT2D eigenvalue weighted by molar-refractivity contribution is 5.81.